The summed E-state index contributed by atoms with van der Waals surface area (Å²) >= 11 is 1.67. The smallest absolute Gasteiger partial charge is 0.231 e. The fourth-order valence-electron chi connectivity index (χ4n) is 2.76. The molecule has 4 heteroatoms. The molecule has 0 fully saturated rings. The van der Waals surface area contributed by atoms with Gasteiger partial charge in [-0.2, -0.15) is 0 Å². The summed E-state index contributed by atoms with van der Waals surface area (Å²) in [5, 5.41) is 0.996. The third kappa shape index (κ3) is 1.96. The number of fused-ring (bicyclic) bond motifs is 2. The van der Waals surface area contributed by atoms with Gasteiger partial charge in [-0.3, -0.25) is 0 Å². The van der Waals surface area contributed by atoms with Gasteiger partial charge in [0.15, 0.2) is 0 Å². The van der Waals surface area contributed by atoms with Gasteiger partial charge in [0.1, 0.15) is 16.9 Å². The zero-order valence-corrected chi connectivity index (χ0v) is 12.0. The van der Waals surface area contributed by atoms with Crippen LogP contribution in [-0.4, -0.2) is 9.97 Å². The number of rotatable bonds is 2. The summed E-state index contributed by atoms with van der Waals surface area (Å²) in [5.74, 6) is 1.52. The fraction of sp³-hybridized carbons (Fsp3) is 0.250. The number of nitrogens with zero attached hydrogens (tertiary/aromatic N) is 2. The van der Waals surface area contributed by atoms with Crippen LogP contribution in [0.15, 0.2) is 30.6 Å². The highest BCUT2D eigenvalue weighted by atomic mass is 32.1. The van der Waals surface area contributed by atoms with Crippen LogP contribution < -0.4 is 4.74 Å². The molecule has 2 heterocycles. The van der Waals surface area contributed by atoms with Crippen LogP contribution in [0, 0.1) is 6.92 Å². The van der Waals surface area contributed by atoms with Crippen molar-refractivity contribution in [2.24, 2.45) is 0 Å². The lowest BCUT2D eigenvalue weighted by atomic mass is 10.1. The number of aromatic nitrogens is 2. The molecule has 0 radical (unpaired) electrons. The molecule has 0 atom stereocenters. The largest absolute Gasteiger partial charge is 0.438 e. The molecule has 1 aromatic carbocycles. The minimum atomic E-state index is 0.650. The lowest BCUT2D eigenvalue weighted by Gasteiger charge is -2.07. The summed E-state index contributed by atoms with van der Waals surface area (Å²) < 4.78 is 5.99. The minimum Gasteiger partial charge on any atom is -0.438 e. The Balaban J connectivity index is 1.74. The molecule has 0 spiro atoms. The molecule has 20 heavy (non-hydrogen) atoms. The molecule has 0 saturated heterocycles. The van der Waals surface area contributed by atoms with Crippen molar-refractivity contribution in [3.63, 3.8) is 0 Å². The number of benzene rings is 1. The number of ether oxygens (including phenoxy) is 1. The molecule has 0 N–H and O–H groups in total. The summed E-state index contributed by atoms with van der Waals surface area (Å²) in [7, 11) is 0. The Hall–Kier alpha value is -1.94. The van der Waals surface area contributed by atoms with Gasteiger partial charge in [-0.15, -0.1) is 11.3 Å². The van der Waals surface area contributed by atoms with Gasteiger partial charge in [-0.1, -0.05) is 6.07 Å². The van der Waals surface area contributed by atoms with Crippen molar-refractivity contribution >= 4 is 21.6 Å². The Morgan fingerprint density at radius 2 is 2.00 bits per heavy atom. The van der Waals surface area contributed by atoms with E-state index in [4.69, 9.17) is 4.74 Å². The summed E-state index contributed by atoms with van der Waals surface area (Å²) in [6.07, 6.45) is 5.17. The molecule has 4 rings (SSSR count). The first-order chi connectivity index (χ1) is 9.79. The van der Waals surface area contributed by atoms with E-state index in [1.807, 2.05) is 6.07 Å². The van der Waals surface area contributed by atoms with Crippen molar-refractivity contribution in [1.82, 2.24) is 9.97 Å². The molecule has 0 amide bonds. The third-order valence-electron chi connectivity index (χ3n) is 3.70. The van der Waals surface area contributed by atoms with Crippen LogP contribution >= 0.6 is 11.3 Å². The second kappa shape index (κ2) is 4.56. The summed E-state index contributed by atoms with van der Waals surface area (Å²) in [5.41, 5.74) is 2.87. The van der Waals surface area contributed by atoms with Gasteiger partial charge in [0, 0.05) is 4.88 Å². The molecule has 0 saturated carbocycles. The van der Waals surface area contributed by atoms with E-state index in [0.29, 0.717) is 5.88 Å². The standard InChI is InChI=1S/C16H14N2OS/c1-10-7-14-15(17-9-18-16(14)20-10)19-13-6-5-11-3-2-4-12(11)8-13/h5-9H,2-4H2,1H3. The normalized spacial score (nSPS) is 13.7. The van der Waals surface area contributed by atoms with E-state index < -0.39 is 0 Å². The van der Waals surface area contributed by atoms with Gasteiger partial charge >= 0.3 is 0 Å². The molecule has 3 aromatic rings. The lowest BCUT2D eigenvalue weighted by molar-refractivity contribution is 0.468. The SMILES string of the molecule is Cc1cc2c(Oc3ccc4c(c3)CCC4)ncnc2s1. The molecular formula is C16H14N2OS. The van der Waals surface area contributed by atoms with Gasteiger partial charge in [0.25, 0.3) is 0 Å². The number of hydrogen-bond donors (Lipinski definition) is 0. The van der Waals surface area contributed by atoms with E-state index in [0.717, 1.165) is 22.4 Å². The average Bonchev–Trinajstić information content (AvgIpc) is 3.04. The molecule has 0 bridgehead atoms. The van der Waals surface area contributed by atoms with Crippen molar-refractivity contribution < 1.29 is 4.74 Å². The first-order valence-electron chi connectivity index (χ1n) is 6.80. The molecule has 100 valence electrons. The van der Waals surface area contributed by atoms with Crippen LogP contribution in [0.4, 0.5) is 0 Å². The Kier molecular flexibility index (Phi) is 2.70. The Morgan fingerprint density at radius 1 is 1.10 bits per heavy atom. The maximum atomic E-state index is 5.99. The second-order valence-corrected chi connectivity index (χ2v) is 6.38. The van der Waals surface area contributed by atoms with Gasteiger partial charge in [-0.05, 0) is 55.5 Å². The van der Waals surface area contributed by atoms with E-state index >= 15 is 0 Å². The lowest BCUT2D eigenvalue weighted by Crippen LogP contribution is -1.91. The van der Waals surface area contributed by atoms with Gasteiger partial charge < -0.3 is 4.74 Å². The van der Waals surface area contributed by atoms with Crippen molar-refractivity contribution in [2.75, 3.05) is 0 Å². The van der Waals surface area contributed by atoms with E-state index in [1.165, 1.54) is 28.8 Å². The number of hydrogen-bond acceptors (Lipinski definition) is 4. The van der Waals surface area contributed by atoms with Crippen LogP contribution in [0.2, 0.25) is 0 Å². The highest BCUT2D eigenvalue weighted by Crippen LogP contribution is 2.33. The fourth-order valence-corrected chi connectivity index (χ4v) is 3.60. The summed E-state index contributed by atoms with van der Waals surface area (Å²) in [6, 6.07) is 8.45. The van der Waals surface area contributed by atoms with E-state index in [2.05, 4.69) is 35.1 Å². The Morgan fingerprint density at radius 3 is 2.95 bits per heavy atom. The summed E-state index contributed by atoms with van der Waals surface area (Å²) in [4.78, 5) is 10.8. The van der Waals surface area contributed by atoms with Crippen molar-refractivity contribution in [1.29, 1.82) is 0 Å². The van der Waals surface area contributed by atoms with E-state index in [9.17, 15) is 0 Å². The van der Waals surface area contributed by atoms with Crippen LogP contribution in [0.1, 0.15) is 22.4 Å². The highest BCUT2D eigenvalue weighted by molar-refractivity contribution is 7.18. The molecule has 0 aliphatic heterocycles. The van der Waals surface area contributed by atoms with Crippen LogP contribution in [0.25, 0.3) is 10.2 Å². The molecule has 3 nitrogen and oxygen atoms in total. The van der Waals surface area contributed by atoms with Gasteiger partial charge in [0.2, 0.25) is 5.88 Å². The van der Waals surface area contributed by atoms with Crippen molar-refractivity contribution in [3.05, 3.63) is 46.6 Å². The summed E-state index contributed by atoms with van der Waals surface area (Å²) in [6.45, 7) is 2.07. The van der Waals surface area contributed by atoms with E-state index in [1.54, 1.807) is 17.7 Å². The molecule has 1 aliphatic carbocycles. The maximum absolute atomic E-state index is 5.99. The monoisotopic (exact) mass is 282 g/mol. The Labute approximate surface area is 121 Å². The maximum Gasteiger partial charge on any atom is 0.231 e. The molecule has 1 aliphatic rings. The highest BCUT2D eigenvalue weighted by Gasteiger charge is 2.13. The van der Waals surface area contributed by atoms with Crippen molar-refractivity contribution in [2.45, 2.75) is 26.2 Å². The second-order valence-electron chi connectivity index (χ2n) is 5.14. The van der Waals surface area contributed by atoms with Crippen LogP contribution in [-0.2, 0) is 12.8 Å². The quantitative estimate of drug-likeness (QED) is 0.703. The topological polar surface area (TPSA) is 35.0 Å². The molecular weight excluding hydrogens is 268 g/mol. The Bertz CT molecular complexity index is 794. The first kappa shape index (κ1) is 11.9. The predicted octanol–water partition coefficient (Wildman–Crippen LogP) is 4.28. The number of thiophene rings is 1. The van der Waals surface area contributed by atoms with Gasteiger partial charge in [0.05, 0.1) is 5.39 Å². The molecule has 2 aromatic heterocycles. The average molecular weight is 282 g/mol. The third-order valence-corrected chi connectivity index (χ3v) is 4.66. The van der Waals surface area contributed by atoms with Crippen molar-refractivity contribution in [3.8, 4) is 11.6 Å². The number of aryl methyl sites for hydroxylation is 3. The van der Waals surface area contributed by atoms with Crippen LogP contribution in [0.5, 0.6) is 11.6 Å². The molecule has 0 unspecified atom stereocenters. The minimum absolute atomic E-state index is 0.650. The van der Waals surface area contributed by atoms with E-state index in [-0.39, 0.29) is 0 Å². The first-order valence-corrected chi connectivity index (χ1v) is 7.62. The zero-order valence-electron chi connectivity index (χ0n) is 11.2. The van der Waals surface area contributed by atoms with Crippen LogP contribution in [0.3, 0.4) is 0 Å². The predicted molar refractivity (Wildman–Crippen MR) is 80.7 cm³/mol. The zero-order chi connectivity index (χ0) is 13.5. The van der Waals surface area contributed by atoms with Gasteiger partial charge in [-0.25, -0.2) is 9.97 Å².